The minimum absolute atomic E-state index is 0.250. The molecule has 1 fully saturated rings. The van der Waals surface area contributed by atoms with Crippen LogP contribution in [0.5, 0.6) is 5.75 Å². The maximum atomic E-state index is 12.2. The Bertz CT molecular complexity index is 1500. The number of rotatable bonds is 5. The third kappa shape index (κ3) is 7.66. The Kier molecular flexibility index (Phi) is 9.69. The van der Waals surface area contributed by atoms with E-state index in [0.717, 1.165) is 82.5 Å². The van der Waals surface area contributed by atoms with Gasteiger partial charge in [0, 0.05) is 30.4 Å². The Morgan fingerprint density at radius 2 is 1.93 bits per heavy atom. The number of primary amides is 1. The maximum absolute atomic E-state index is 12.2. The average molecular weight is 581 g/mol. The number of ether oxygens (including phenoxy) is 2. The molecule has 4 N–H and O–H groups in total. The molecule has 2 aromatic carbocycles. The van der Waals surface area contributed by atoms with Crippen molar-refractivity contribution in [2.75, 3.05) is 23.8 Å². The van der Waals surface area contributed by atoms with E-state index < -0.39 is 11.7 Å². The molecule has 4 aromatic rings. The van der Waals surface area contributed by atoms with Gasteiger partial charge in [0.2, 0.25) is 6.41 Å². The third-order valence-electron chi connectivity index (χ3n) is 6.39. The van der Waals surface area contributed by atoms with Crippen LogP contribution < -0.4 is 21.1 Å². The number of benzene rings is 2. The molecule has 0 radical (unpaired) electrons. The predicted molar refractivity (Wildman–Crippen MR) is 166 cm³/mol. The normalized spacial score (nSPS) is 14.4. The summed E-state index contributed by atoms with van der Waals surface area (Å²) in [6.45, 7) is 12.1. The molecule has 41 heavy (non-hydrogen) atoms. The second-order valence-corrected chi connectivity index (χ2v) is 11.8. The second kappa shape index (κ2) is 13.2. The van der Waals surface area contributed by atoms with Gasteiger partial charge in [-0.15, -0.1) is 0 Å². The first-order chi connectivity index (χ1) is 19.7. The largest absolute Gasteiger partial charge is 0.491 e. The molecule has 3 heterocycles. The van der Waals surface area contributed by atoms with Crippen molar-refractivity contribution in [1.29, 1.82) is 0 Å². The zero-order valence-electron chi connectivity index (χ0n) is 24.5. The Morgan fingerprint density at radius 1 is 1.17 bits per heavy atom. The van der Waals surface area contributed by atoms with Crippen LogP contribution >= 0.6 is 11.3 Å². The molecule has 1 saturated carbocycles. The van der Waals surface area contributed by atoms with Crippen LogP contribution in [0.2, 0.25) is 0 Å². The van der Waals surface area contributed by atoms with Gasteiger partial charge in [-0.2, -0.15) is 0 Å². The molecular formula is C30H40N6O4S. The summed E-state index contributed by atoms with van der Waals surface area (Å²) in [6.07, 6.45) is 4.41. The van der Waals surface area contributed by atoms with Gasteiger partial charge in [0.25, 0.3) is 0 Å². The van der Waals surface area contributed by atoms with Crippen LogP contribution in [0.25, 0.3) is 32.6 Å². The third-order valence-corrected chi connectivity index (χ3v) is 7.32. The number of imidazole rings is 1. The number of anilines is 2. The summed E-state index contributed by atoms with van der Waals surface area (Å²) in [4.78, 5) is 30.4. The quantitative estimate of drug-likeness (QED) is 0.222. The van der Waals surface area contributed by atoms with Gasteiger partial charge in [-0.25, -0.2) is 14.8 Å². The fourth-order valence-electron chi connectivity index (χ4n) is 4.53. The van der Waals surface area contributed by atoms with Crippen LogP contribution in [0.4, 0.5) is 15.6 Å². The molecule has 0 saturated heterocycles. The molecule has 0 spiro atoms. The van der Waals surface area contributed by atoms with Crippen molar-refractivity contribution in [2.45, 2.75) is 72.4 Å². The van der Waals surface area contributed by atoms with Crippen LogP contribution in [-0.2, 0) is 16.1 Å². The van der Waals surface area contributed by atoms with Crippen molar-refractivity contribution in [1.82, 2.24) is 14.5 Å². The first-order valence-electron chi connectivity index (χ1n) is 14.2. The van der Waals surface area contributed by atoms with Crippen molar-refractivity contribution in [3.05, 3.63) is 30.3 Å². The number of aromatic nitrogens is 3. The summed E-state index contributed by atoms with van der Waals surface area (Å²) >= 11 is 1.43. The molecule has 0 unspecified atom stereocenters. The fraction of sp³-hybridized carbons (Fsp3) is 0.467. The van der Waals surface area contributed by atoms with Crippen molar-refractivity contribution < 1.29 is 19.1 Å². The topological polar surface area (TPSA) is 133 Å². The van der Waals surface area contributed by atoms with Crippen LogP contribution in [-0.4, -0.2) is 45.8 Å². The summed E-state index contributed by atoms with van der Waals surface area (Å²) in [5, 5.41) is 6.85. The number of nitrogens with zero attached hydrogens (tertiary/aromatic N) is 3. The van der Waals surface area contributed by atoms with E-state index >= 15 is 0 Å². The highest BCUT2D eigenvalue weighted by atomic mass is 32.1. The first-order valence-corrected chi connectivity index (χ1v) is 15.0. The first kappa shape index (κ1) is 30.1. The molecule has 2 amide bonds. The molecule has 1 aliphatic heterocycles. The Hall–Kier alpha value is -3.86. The number of amides is 2. The number of thiazole rings is 1. The maximum Gasteiger partial charge on any atom is 0.413 e. The minimum atomic E-state index is -0.564. The zero-order chi connectivity index (χ0) is 29.6. The number of nitrogens with one attached hydrogen (secondary N) is 2. The number of fused-ring (bicyclic) bond motifs is 1. The van der Waals surface area contributed by atoms with Gasteiger partial charge in [0.15, 0.2) is 5.13 Å². The summed E-state index contributed by atoms with van der Waals surface area (Å²) in [7, 11) is 0. The van der Waals surface area contributed by atoms with Crippen molar-refractivity contribution >= 4 is 55.9 Å². The molecule has 6 rings (SSSR count). The SMILES string of the molecule is CC.CC(C)(C)OC(=O)Nc1nc2ccc(-c3nc4cc(NCC5CC5)cc5c4n3CCCCO5)cc2s1.NC=O. The Morgan fingerprint density at radius 3 is 2.63 bits per heavy atom. The number of carbonyl (C=O) groups excluding carboxylic acids is 2. The smallest absolute Gasteiger partial charge is 0.413 e. The summed E-state index contributed by atoms with van der Waals surface area (Å²) in [5.74, 6) is 2.61. The van der Waals surface area contributed by atoms with Crippen LogP contribution in [0.15, 0.2) is 30.3 Å². The summed E-state index contributed by atoms with van der Waals surface area (Å²) in [5.41, 5.74) is 8.51. The standard InChI is InChI=1S/C27H31N5O3S.C2H6.CH3NO/c1-27(2,3)35-26(33)31-25-30-19-9-8-17(12-22(19)36-25)24-29-20-13-18(28-15-16-6-7-16)14-21-23(20)32(24)10-4-5-11-34-21;1-2;2-1-3/h8-9,12-14,16,28H,4-7,10-11,15H2,1-3H3,(H,30,31,33);1-2H3;1H,(H2,2,3). The fourth-order valence-corrected chi connectivity index (χ4v) is 5.42. The molecule has 220 valence electrons. The lowest BCUT2D eigenvalue weighted by Gasteiger charge is -2.18. The lowest BCUT2D eigenvalue weighted by atomic mass is 10.2. The molecule has 2 aliphatic rings. The predicted octanol–water partition coefficient (Wildman–Crippen LogP) is 6.78. The molecule has 11 heteroatoms. The van der Waals surface area contributed by atoms with Crippen LogP contribution in [0.1, 0.15) is 60.3 Å². The van der Waals surface area contributed by atoms with E-state index in [9.17, 15) is 4.79 Å². The van der Waals surface area contributed by atoms with Crippen molar-refractivity contribution in [2.24, 2.45) is 11.7 Å². The van der Waals surface area contributed by atoms with E-state index in [0.29, 0.717) is 5.13 Å². The lowest BCUT2D eigenvalue weighted by molar-refractivity contribution is -0.106. The highest BCUT2D eigenvalue weighted by Gasteiger charge is 2.23. The van der Waals surface area contributed by atoms with E-state index in [1.54, 1.807) is 0 Å². The van der Waals surface area contributed by atoms with E-state index in [1.165, 1.54) is 24.2 Å². The highest BCUT2D eigenvalue weighted by Crippen LogP contribution is 2.38. The molecule has 1 aliphatic carbocycles. The van der Waals surface area contributed by atoms with Crippen LogP contribution in [0.3, 0.4) is 0 Å². The number of aryl methyl sites for hydroxylation is 1. The van der Waals surface area contributed by atoms with Gasteiger partial charge in [0.1, 0.15) is 22.7 Å². The van der Waals surface area contributed by atoms with Crippen LogP contribution in [0, 0.1) is 5.92 Å². The average Bonchev–Trinajstić information content (AvgIpc) is 3.54. The second-order valence-electron chi connectivity index (χ2n) is 10.8. The van der Waals surface area contributed by atoms with E-state index in [4.69, 9.17) is 19.3 Å². The number of carbonyl (C=O) groups is 2. The monoisotopic (exact) mass is 580 g/mol. The van der Waals surface area contributed by atoms with E-state index in [-0.39, 0.29) is 6.41 Å². The van der Waals surface area contributed by atoms with Gasteiger partial charge in [-0.05, 0) is 76.6 Å². The lowest BCUT2D eigenvalue weighted by Crippen LogP contribution is -2.27. The summed E-state index contributed by atoms with van der Waals surface area (Å²) in [6, 6.07) is 10.4. The molecule has 0 bridgehead atoms. The Balaban J connectivity index is 0.000000728. The van der Waals surface area contributed by atoms with Gasteiger partial charge in [-0.3, -0.25) is 10.1 Å². The van der Waals surface area contributed by atoms with E-state index in [2.05, 4.69) is 50.2 Å². The Labute approximate surface area is 244 Å². The van der Waals surface area contributed by atoms with Gasteiger partial charge >= 0.3 is 6.09 Å². The molecule has 2 aromatic heterocycles. The number of nitrogens with two attached hydrogens (primary N) is 1. The molecular weight excluding hydrogens is 540 g/mol. The molecule has 0 atom stereocenters. The van der Waals surface area contributed by atoms with E-state index in [1.807, 2.05) is 40.7 Å². The highest BCUT2D eigenvalue weighted by molar-refractivity contribution is 7.22. The number of hydrogen-bond acceptors (Lipinski definition) is 8. The van der Waals surface area contributed by atoms with Gasteiger partial charge in [0.05, 0.1) is 22.3 Å². The van der Waals surface area contributed by atoms with Crippen molar-refractivity contribution in [3.63, 3.8) is 0 Å². The number of hydrogen-bond donors (Lipinski definition) is 3. The summed E-state index contributed by atoms with van der Waals surface area (Å²) < 4.78 is 14.8. The zero-order valence-corrected chi connectivity index (χ0v) is 25.3. The molecule has 10 nitrogen and oxygen atoms in total. The van der Waals surface area contributed by atoms with Gasteiger partial charge < -0.3 is 25.1 Å². The minimum Gasteiger partial charge on any atom is -0.491 e. The van der Waals surface area contributed by atoms with Gasteiger partial charge in [-0.1, -0.05) is 25.2 Å². The van der Waals surface area contributed by atoms with Crippen molar-refractivity contribution in [3.8, 4) is 17.1 Å².